The summed E-state index contributed by atoms with van der Waals surface area (Å²) in [7, 11) is 0. The van der Waals surface area contributed by atoms with Crippen molar-refractivity contribution in [2.75, 3.05) is 13.2 Å². The van der Waals surface area contributed by atoms with Crippen molar-refractivity contribution in [3.05, 3.63) is 35.9 Å². The van der Waals surface area contributed by atoms with Gasteiger partial charge in [0.15, 0.2) is 0 Å². The smallest absolute Gasteiger partial charge is 0.225 e. The number of hydrogen-bond acceptors (Lipinski definition) is 3. The summed E-state index contributed by atoms with van der Waals surface area (Å²) in [6.45, 7) is 0.366. The first-order chi connectivity index (χ1) is 10.2. The summed E-state index contributed by atoms with van der Waals surface area (Å²) in [5, 5.41) is 12.3. The molecular weight excluding hydrogens is 268 g/mol. The van der Waals surface area contributed by atoms with Gasteiger partial charge in [-0.1, -0.05) is 30.3 Å². The first kappa shape index (κ1) is 14.1. The van der Waals surface area contributed by atoms with E-state index in [0.717, 1.165) is 18.4 Å². The number of likely N-dealkylation sites (tertiary alicyclic amines) is 1. The van der Waals surface area contributed by atoms with Crippen molar-refractivity contribution in [2.45, 2.75) is 31.3 Å². The van der Waals surface area contributed by atoms with Gasteiger partial charge in [-0.15, -0.1) is 0 Å². The number of rotatable bonds is 5. The van der Waals surface area contributed by atoms with Crippen molar-refractivity contribution in [3.8, 4) is 0 Å². The Bertz CT molecular complexity index is 528. The van der Waals surface area contributed by atoms with Crippen molar-refractivity contribution in [1.29, 1.82) is 0 Å². The largest absolute Gasteiger partial charge is 0.394 e. The fourth-order valence-corrected chi connectivity index (χ4v) is 2.86. The third-order valence-corrected chi connectivity index (χ3v) is 4.22. The summed E-state index contributed by atoms with van der Waals surface area (Å²) >= 11 is 0. The summed E-state index contributed by atoms with van der Waals surface area (Å²) in [6.07, 6.45) is 2.40. The zero-order valence-electron chi connectivity index (χ0n) is 11.9. The number of benzene rings is 1. The molecule has 21 heavy (non-hydrogen) atoms. The van der Waals surface area contributed by atoms with E-state index in [1.807, 2.05) is 35.2 Å². The number of carbonyl (C=O) groups excluding carboxylic acids is 2. The van der Waals surface area contributed by atoms with Crippen molar-refractivity contribution in [2.24, 2.45) is 5.92 Å². The summed E-state index contributed by atoms with van der Waals surface area (Å²) in [5.41, 5.74) is 0.872. The maximum Gasteiger partial charge on any atom is 0.225 e. The molecule has 1 aromatic carbocycles. The van der Waals surface area contributed by atoms with Gasteiger partial charge in [-0.3, -0.25) is 9.59 Å². The SMILES string of the molecule is O=C(N[C@@H](CO)c1ccccc1)C1CC(=O)N(C2CC2)C1. The van der Waals surface area contributed by atoms with E-state index in [0.29, 0.717) is 12.6 Å². The summed E-state index contributed by atoms with van der Waals surface area (Å²) in [6, 6.07) is 9.33. The van der Waals surface area contributed by atoms with Crippen LogP contribution in [0.2, 0.25) is 0 Å². The second-order valence-corrected chi connectivity index (χ2v) is 5.83. The van der Waals surface area contributed by atoms with Crippen molar-refractivity contribution >= 4 is 11.8 Å². The van der Waals surface area contributed by atoms with Gasteiger partial charge in [-0.2, -0.15) is 0 Å². The molecule has 1 aliphatic heterocycles. The topological polar surface area (TPSA) is 69.6 Å². The van der Waals surface area contributed by atoms with Gasteiger partial charge in [0.25, 0.3) is 0 Å². The fourth-order valence-electron chi connectivity index (χ4n) is 2.86. The van der Waals surface area contributed by atoms with Crippen LogP contribution in [0.15, 0.2) is 30.3 Å². The predicted molar refractivity (Wildman–Crippen MR) is 77.3 cm³/mol. The average molecular weight is 288 g/mol. The van der Waals surface area contributed by atoms with Gasteiger partial charge < -0.3 is 15.3 Å². The van der Waals surface area contributed by atoms with E-state index >= 15 is 0 Å². The Kier molecular flexibility index (Phi) is 3.92. The fraction of sp³-hybridized carbons (Fsp3) is 0.500. The molecule has 1 aliphatic carbocycles. The second-order valence-electron chi connectivity index (χ2n) is 5.83. The van der Waals surface area contributed by atoms with Gasteiger partial charge in [-0.05, 0) is 18.4 Å². The molecule has 1 unspecified atom stereocenters. The number of nitrogens with zero attached hydrogens (tertiary/aromatic N) is 1. The molecule has 0 radical (unpaired) electrons. The standard InChI is InChI=1S/C16H20N2O3/c19-10-14(11-4-2-1-3-5-11)17-16(21)12-8-15(20)18(9-12)13-6-7-13/h1-5,12-14,19H,6-10H2,(H,17,21)/t12?,14-/m0/s1. The first-order valence-corrected chi connectivity index (χ1v) is 7.44. The van der Waals surface area contributed by atoms with Crippen LogP contribution >= 0.6 is 0 Å². The Labute approximate surface area is 123 Å². The van der Waals surface area contributed by atoms with Gasteiger partial charge in [0.2, 0.25) is 11.8 Å². The molecule has 2 atom stereocenters. The Hall–Kier alpha value is -1.88. The molecule has 0 aromatic heterocycles. The zero-order chi connectivity index (χ0) is 14.8. The number of hydrogen-bond donors (Lipinski definition) is 2. The normalized spacial score (nSPS) is 23.2. The number of aliphatic hydroxyl groups excluding tert-OH is 1. The first-order valence-electron chi connectivity index (χ1n) is 7.44. The maximum absolute atomic E-state index is 12.3. The molecule has 1 saturated heterocycles. The molecule has 5 nitrogen and oxygen atoms in total. The molecular formula is C16H20N2O3. The Morgan fingerprint density at radius 1 is 1.33 bits per heavy atom. The minimum atomic E-state index is -0.413. The van der Waals surface area contributed by atoms with Crippen LogP contribution in [0.25, 0.3) is 0 Å². The number of nitrogens with one attached hydrogen (secondary N) is 1. The summed E-state index contributed by atoms with van der Waals surface area (Å²) in [5.74, 6) is -0.358. The summed E-state index contributed by atoms with van der Waals surface area (Å²) < 4.78 is 0. The molecule has 112 valence electrons. The van der Waals surface area contributed by atoms with Gasteiger partial charge in [0.1, 0.15) is 0 Å². The van der Waals surface area contributed by atoms with E-state index in [1.165, 1.54) is 0 Å². The Morgan fingerprint density at radius 2 is 2.05 bits per heavy atom. The molecule has 1 heterocycles. The Morgan fingerprint density at radius 3 is 2.67 bits per heavy atom. The quantitative estimate of drug-likeness (QED) is 0.844. The van der Waals surface area contributed by atoms with E-state index in [2.05, 4.69) is 5.32 Å². The van der Waals surface area contributed by atoms with E-state index < -0.39 is 6.04 Å². The molecule has 3 rings (SSSR count). The van der Waals surface area contributed by atoms with Gasteiger partial charge in [-0.25, -0.2) is 0 Å². The number of aliphatic hydroxyl groups is 1. The highest BCUT2D eigenvalue weighted by Crippen LogP contribution is 2.32. The minimum Gasteiger partial charge on any atom is -0.394 e. The van der Waals surface area contributed by atoms with Crippen LogP contribution in [-0.4, -0.2) is 41.0 Å². The summed E-state index contributed by atoms with van der Waals surface area (Å²) in [4.78, 5) is 26.0. The number of amides is 2. The maximum atomic E-state index is 12.3. The number of carbonyl (C=O) groups is 2. The van der Waals surface area contributed by atoms with Crippen molar-refractivity contribution < 1.29 is 14.7 Å². The van der Waals surface area contributed by atoms with Crippen LogP contribution in [0.4, 0.5) is 0 Å². The van der Waals surface area contributed by atoms with Gasteiger partial charge in [0, 0.05) is 19.0 Å². The highest BCUT2D eigenvalue weighted by Gasteiger charge is 2.41. The lowest BCUT2D eigenvalue weighted by Crippen LogP contribution is -2.37. The lowest BCUT2D eigenvalue weighted by molar-refractivity contribution is -0.129. The van der Waals surface area contributed by atoms with Crippen LogP contribution in [0, 0.1) is 5.92 Å². The molecule has 2 N–H and O–H groups in total. The third kappa shape index (κ3) is 3.08. The highest BCUT2D eigenvalue weighted by atomic mass is 16.3. The van der Waals surface area contributed by atoms with E-state index in [9.17, 15) is 14.7 Å². The lowest BCUT2D eigenvalue weighted by atomic mass is 10.0. The minimum absolute atomic E-state index is 0.0814. The molecule has 0 bridgehead atoms. The van der Waals surface area contributed by atoms with Gasteiger partial charge in [0.05, 0.1) is 18.6 Å². The van der Waals surface area contributed by atoms with Gasteiger partial charge >= 0.3 is 0 Å². The van der Waals surface area contributed by atoms with Crippen LogP contribution in [0.3, 0.4) is 0 Å². The highest BCUT2D eigenvalue weighted by molar-refractivity contribution is 5.89. The molecule has 5 heteroatoms. The molecule has 1 saturated carbocycles. The van der Waals surface area contributed by atoms with E-state index in [-0.39, 0.29) is 30.8 Å². The molecule has 2 aliphatic rings. The van der Waals surface area contributed by atoms with E-state index in [4.69, 9.17) is 0 Å². The van der Waals surface area contributed by atoms with E-state index in [1.54, 1.807) is 0 Å². The molecule has 2 fully saturated rings. The van der Waals surface area contributed by atoms with Crippen molar-refractivity contribution in [3.63, 3.8) is 0 Å². The van der Waals surface area contributed by atoms with Crippen molar-refractivity contribution in [1.82, 2.24) is 10.2 Å². The third-order valence-electron chi connectivity index (χ3n) is 4.22. The Balaban J connectivity index is 1.61. The monoisotopic (exact) mass is 288 g/mol. The second kappa shape index (κ2) is 5.85. The van der Waals surface area contributed by atoms with Crippen LogP contribution in [0.1, 0.15) is 30.9 Å². The van der Waals surface area contributed by atoms with Crippen LogP contribution < -0.4 is 5.32 Å². The average Bonchev–Trinajstić information content (AvgIpc) is 3.28. The lowest BCUT2D eigenvalue weighted by Gasteiger charge is -2.19. The van der Waals surface area contributed by atoms with Crippen LogP contribution in [0.5, 0.6) is 0 Å². The molecule has 0 spiro atoms. The molecule has 2 amide bonds. The predicted octanol–water partition coefficient (Wildman–Crippen LogP) is 0.847. The van der Waals surface area contributed by atoms with Crippen LogP contribution in [-0.2, 0) is 9.59 Å². The molecule has 1 aromatic rings. The zero-order valence-corrected chi connectivity index (χ0v) is 11.9.